The van der Waals surface area contributed by atoms with Crippen molar-refractivity contribution in [2.75, 3.05) is 26.8 Å². The Morgan fingerprint density at radius 1 is 0.683 bits per heavy atom. The number of halogens is 7. The molecule has 2 saturated heterocycles. The Balaban J connectivity index is 0.000000165. The first-order chi connectivity index (χ1) is 18.9. The van der Waals surface area contributed by atoms with Crippen LogP contribution in [-0.4, -0.2) is 50.4 Å². The molecule has 4 aliphatic rings. The van der Waals surface area contributed by atoms with Gasteiger partial charge in [0.15, 0.2) is 34.2 Å². The normalized spacial score (nSPS) is 24.6. The lowest BCUT2D eigenvalue weighted by Crippen LogP contribution is -2.39. The topological polar surface area (TPSA) is 62.0 Å². The molecule has 0 N–H and O–H groups in total. The molecule has 4 aliphatic heterocycles. The molecular formula is C28H29BrF6O6. The molecule has 0 amide bonds. The molecule has 2 aromatic rings. The van der Waals surface area contributed by atoms with Crippen molar-refractivity contribution in [2.24, 2.45) is 0 Å². The fourth-order valence-electron chi connectivity index (χ4n) is 5.47. The van der Waals surface area contributed by atoms with E-state index in [2.05, 4.69) is 15.9 Å². The average Bonchev–Trinajstić information content (AvgIpc) is 3.69. The van der Waals surface area contributed by atoms with E-state index >= 15 is 0 Å². The number of benzene rings is 2. The quantitative estimate of drug-likeness (QED) is 0.236. The van der Waals surface area contributed by atoms with Gasteiger partial charge in [0.2, 0.25) is 13.6 Å². The van der Waals surface area contributed by atoms with Crippen molar-refractivity contribution >= 4 is 15.9 Å². The van der Waals surface area contributed by atoms with Gasteiger partial charge in [-0.15, -0.1) is 0 Å². The zero-order valence-corrected chi connectivity index (χ0v) is 24.3. The number of hydrogen-bond donors (Lipinski definition) is 0. The van der Waals surface area contributed by atoms with Gasteiger partial charge in [-0.05, 0) is 41.9 Å². The second kappa shape index (κ2) is 9.84. The number of fused-ring (bicyclic) bond motifs is 2. The predicted octanol–water partition coefficient (Wildman–Crippen LogP) is 7.59. The number of alkyl halides is 6. The summed E-state index contributed by atoms with van der Waals surface area (Å²) >= 11 is 3.35. The molecule has 2 atom stereocenters. The minimum Gasteiger partial charge on any atom is -0.454 e. The zero-order chi connectivity index (χ0) is 30.1. The van der Waals surface area contributed by atoms with Crippen LogP contribution in [0.5, 0.6) is 23.0 Å². The fourth-order valence-corrected chi connectivity index (χ4v) is 5.90. The largest absolute Gasteiger partial charge is 0.454 e. The molecule has 6 rings (SSSR count). The van der Waals surface area contributed by atoms with Crippen LogP contribution >= 0.6 is 15.9 Å². The first kappa shape index (κ1) is 30.1. The van der Waals surface area contributed by atoms with E-state index < -0.39 is 34.4 Å². The molecule has 0 saturated carbocycles. The number of rotatable bonds is 6. The first-order valence-electron chi connectivity index (χ1n) is 12.8. The van der Waals surface area contributed by atoms with Crippen LogP contribution < -0.4 is 18.9 Å². The summed E-state index contributed by atoms with van der Waals surface area (Å²) in [6.45, 7) is 6.66. The van der Waals surface area contributed by atoms with E-state index in [-0.39, 0.29) is 39.6 Å². The maximum absolute atomic E-state index is 13.1. The van der Waals surface area contributed by atoms with Crippen molar-refractivity contribution in [3.8, 4) is 23.0 Å². The van der Waals surface area contributed by atoms with Crippen LogP contribution in [0, 0.1) is 0 Å². The van der Waals surface area contributed by atoms with Crippen molar-refractivity contribution in [2.45, 2.75) is 74.9 Å². The van der Waals surface area contributed by atoms with E-state index in [9.17, 15) is 26.3 Å². The Morgan fingerprint density at radius 2 is 1.15 bits per heavy atom. The van der Waals surface area contributed by atoms with Crippen molar-refractivity contribution in [3.05, 3.63) is 45.9 Å². The minimum atomic E-state index is -4.36. The molecule has 226 valence electrons. The molecule has 13 heteroatoms. The number of epoxide rings is 2. The predicted molar refractivity (Wildman–Crippen MR) is 138 cm³/mol. The second-order valence-electron chi connectivity index (χ2n) is 11.9. The maximum Gasteiger partial charge on any atom is 0.419 e. The van der Waals surface area contributed by atoms with Crippen LogP contribution in [-0.2, 0) is 20.3 Å². The van der Waals surface area contributed by atoms with Crippen molar-refractivity contribution in [3.63, 3.8) is 0 Å². The van der Waals surface area contributed by atoms with E-state index in [1.807, 2.05) is 0 Å². The van der Waals surface area contributed by atoms with Crippen molar-refractivity contribution in [1.29, 1.82) is 0 Å². The monoisotopic (exact) mass is 654 g/mol. The summed E-state index contributed by atoms with van der Waals surface area (Å²) in [4.78, 5) is 0. The molecule has 0 aliphatic carbocycles. The molecule has 0 spiro atoms. The molecule has 4 heterocycles. The van der Waals surface area contributed by atoms with Crippen LogP contribution in [0.4, 0.5) is 26.3 Å². The van der Waals surface area contributed by atoms with Crippen LogP contribution in [0.3, 0.4) is 0 Å². The van der Waals surface area contributed by atoms with E-state index in [0.717, 1.165) is 4.47 Å². The highest BCUT2D eigenvalue weighted by Crippen LogP contribution is 2.55. The second-order valence-corrected chi connectivity index (χ2v) is 12.8. The first-order valence-corrected chi connectivity index (χ1v) is 13.6. The average molecular weight is 655 g/mol. The van der Waals surface area contributed by atoms with E-state index in [0.29, 0.717) is 34.1 Å². The van der Waals surface area contributed by atoms with E-state index in [1.165, 1.54) is 0 Å². The standard InChI is InChI=1S/C14H14BrF3O3.C14H15F3O3/c1-12(2,5-13(6-21-13)14(16,17)18)9-3-8(15)4-10-11(9)20-7-19-10;1-12(2,6-13(7-20-13)14(15,16)17)9-4-3-5-10-11(9)19-8-18-10/h3-4H,5-7H2,1-2H3;3-5H,6-8H2,1-2H3. The SMILES string of the molecule is CC(C)(CC1(C(F)(F)F)CO1)c1cc(Br)cc2c1OCO2.CC(C)(CC1(C(F)(F)F)CO1)c1cccc2c1OCO2. The highest BCUT2D eigenvalue weighted by Gasteiger charge is 2.68. The summed E-state index contributed by atoms with van der Waals surface area (Å²) in [5.41, 5.74) is -4.15. The highest BCUT2D eigenvalue weighted by atomic mass is 79.9. The maximum atomic E-state index is 13.1. The smallest absolute Gasteiger partial charge is 0.419 e. The Hall–Kier alpha value is -2.38. The Morgan fingerprint density at radius 3 is 1.63 bits per heavy atom. The van der Waals surface area contributed by atoms with E-state index in [1.54, 1.807) is 58.0 Å². The van der Waals surface area contributed by atoms with Crippen LogP contribution in [0.2, 0.25) is 0 Å². The summed E-state index contributed by atoms with van der Waals surface area (Å²) in [5, 5.41) is 0. The summed E-state index contributed by atoms with van der Waals surface area (Å²) in [6.07, 6.45) is -9.00. The Labute approximate surface area is 241 Å². The van der Waals surface area contributed by atoms with Gasteiger partial charge in [0.05, 0.1) is 13.2 Å². The number of hydrogen-bond acceptors (Lipinski definition) is 6. The Bertz CT molecular complexity index is 1310. The molecule has 0 radical (unpaired) electrons. The third kappa shape index (κ3) is 5.69. The van der Waals surface area contributed by atoms with Gasteiger partial charge in [-0.1, -0.05) is 55.8 Å². The minimum absolute atomic E-state index is 0.0791. The third-order valence-corrected chi connectivity index (χ3v) is 8.22. The number of ether oxygens (including phenoxy) is 6. The van der Waals surface area contributed by atoms with Gasteiger partial charge in [0.25, 0.3) is 0 Å². The third-order valence-electron chi connectivity index (χ3n) is 7.77. The van der Waals surface area contributed by atoms with Crippen LogP contribution in [0.15, 0.2) is 34.8 Å². The lowest BCUT2D eigenvalue weighted by molar-refractivity contribution is -0.189. The fraction of sp³-hybridized carbons (Fsp3) is 0.571. The zero-order valence-electron chi connectivity index (χ0n) is 22.7. The molecule has 0 aromatic heterocycles. The molecule has 6 nitrogen and oxygen atoms in total. The molecule has 41 heavy (non-hydrogen) atoms. The molecule has 0 bridgehead atoms. The van der Waals surface area contributed by atoms with Gasteiger partial charge in [-0.2, -0.15) is 26.3 Å². The van der Waals surface area contributed by atoms with Gasteiger partial charge in [-0.25, -0.2) is 0 Å². The molecular weight excluding hydrogens is 626 g/mol. The summed E-state index contributed by atoms with van der Waals surface area (Å²) < 4.78 is 110. The van der Waals surface area contributed by atoms with E-state index in [4.69, 9.17) is 28.4 Å². The van der Waals surface area contributed by atoms with Gasteiger partial charge >= 0.3 is 12.4 Å². The lowest BCUT2D eigenvalue weighted by Gasteiger charge is -2.30. The van der Waals surface area contributed by atoms with Crippen molar-refractivity contribution < 1.29 is 54.8 Å². The number of para-hydroxylation sites is 1. The lowest BCUT2D eigenvalue weighted by atomic mass is 9.76. The van der Waals surface area contributed by atoms with Crippen LogP contribution in [0.1, 0.15) is 51.7 Å². The molecule has 2 unspecified atom stereocenters. The molecule has 2 aromatic carbocycles. The highest BCUT2D eigenvalue weighted by molar-refractivity contribution is 9.10. The van der Waals surface area contributed by atoms with Gasteiger partial charge in [0, 0.05) is 15.6 Å². The summed E-state index contributed by atoms with van der Waals surface area (Å²) in [7, 11) is 0. The summed E-state index contributed by atoms with van der Waals surface area (Å²) in [6, 6.07) is 8.81. The van der Waals surface area contributed by atoms with Gasteiger partial charge in [0.1, 0.15) is 0 Å². The Kier molecular flexibility index (Phi) is 7.22. The van der Waals surface area contributed by atoms with Crippen LogP contribution in [0.25, 0.3) is 0 Å². The van der Waals surface area contributed by atoms with Crippen molar-refractivity contribution in [1.82, 2.24) is 0 Å². The summed E-state index contributed by atoms with van der Waals surface area (Å²) in [5.74, 6) is 2.18. The molecule has 2 fully saturated rings. The van der Waals surface area contributed by atoms with Gasteiger partial charge in [-0.3, -0.25) is 0 Å². The van der Waals surface area contributed by atoms with Gasteiger partial charge < -0.3 is 28.4 Å².